The van der Waals surface area contributed by atoms with Gasteiger partial charge in [0.25, 0.3) is 0 Å². The minimum Gasteiger partial charge on any atom is -0.449 e. The molecule has 0 bridgehead atoms. The summed E-state index contributed by atoms with van der Waals surface area (Å²) in [7, 11) is 0. The normalized spacial score (nSPS) is 19.7. The van der Waals surface area contributed by atoms with Crippen molar-refractivity contribution in [2.45, 2.75) is 38.8 Å². The van der Waals surface area contributed by atoms with Crippen molar-refractivity contribution in [1.29, 1.82) is 0 Å². The van der Waals surface area contributed by atoms with E-state index >= 15 is 0 Å². The molecule has 4 heteroatoms. The number of carbonyl (C=O) groups is 1. The van der Waals surface area contributed by atoms with Gasteiger partial charge in [0.15, 0.2) is 0 Å². The van der Waals surface area contributed by atoms with Crippen LogP contribution in [0.4, 0.5) is 4.79 Å². The molecule has 1 saturated carbocycles. The number of rotatable bonds is 8. The molecule has 3 rings (SSSR count). The Morgan fingerprint density at radius 3 is 1.81 bits per heavy atom. The highest BCUT2D eigenvalue weighted by molar-refractivity contribution is 5.64. The van der Waals surface area contributed by atoms with Crippen molar-refractivity contribution < 1.29 is 9.53 Å². The first-order valence-corrected chi connectivity index (χ1v) is 9.91. The molecule has 1 aliphatic rings. The summed E-state index contributed by atoms with van der Waals surface area (Å²) in [6.07, 6.45) is 3.94. The lowest BCUT2D eigenvalue weighted by atomic mass is 9.82. The molecule has 2 N–H and O–H groups in total. The van der Waals surface area contributed by atoms with Crippen LogP contribution in [-0.4, -0.2) is 24.1 Å². The van der Waals surface area contributed by atoms with Gasteiger partial charge in [-0.3, -0.25) is 4.90 Å². The third kappa shape index (κ3) is 6.72. The van der Waals surface area contributed by atoms with Crippen molar-refractivity contribution in [3.8, 4) is 0 Å². The van der Waals surface area contributed by atoms with E-state index in [-0.39, 0.29) is 0 Å². The van der Waals surface area contributed by atoms with Crippen LogP contribution in [0.3, 0.4) is 0 Å². The average molecular weight is 367 g/mol. The first-order valence-electron chi connectivity index (χ1n) is 9.91. The van der Waals surface area contributed by atoms with Crippen molar-refractivity contribution in [1.82, 2.24) is 4.90 Å². The number of benzene rings is 2. The molecule has 1 aliphatic carbocycles. The van der Waals surface area contributed by atoms with E-state index in [0.717, 1.165) is 32.5 Å². The molecule has 0 spiro atoms. The lowest BCUT2D eigenvalue weighted by molar-refractivity contribution is 0.107. The first-order chi connectivity index (χ1) is 13.2. The van der Waals surface area contributed by atoms with Crippen LogP contribution in [0.5, 0.6) is 0 Å². The van der Waals surface area contributed by atoms with Gasteiger partial charge in [-0.25, -0.2) is 4.79 Å². The van der Waals surface area contributed by atoms with Gasteiger partial charge >= 0.3 is 6.09 Å². The highest BCUT2D eigenvalue weighted by atomic mass is 16.5. The fourth-order valence-corrected chi connectivity index (χ4v) is 4.01. The van der Waals surface area contributed by atoms with Crippen molar-refractivity contribution in [2.24, 2.45) is 17.6 Å². The molecule has 1 fully saturated rings. The zero-order valence-corrected chi connectivity index (χ0v) is 15.9. The van der Waals surface area contributed by atoms with Crippen LogP contribution in [0, 0.1) is 11.8 Å². The van der Waals surface area contributed by atoms with E-state index < -0.39 is 6.09 Å². The van der Waals surface area contributed by atoms with Crippen LogP contribution in [0.2, 0.25) is 0 Å². The number of primary amides is 1. The van der Waals surface area contributed by atoms with Crippen LogP contribution < -0.4 is 5.73 Å². The Kier molecular flexibility index (Phi) is 7.28. The van der Waals surface area contributed by atoms with E-state index in [1.807, 2.05) is 0 Å². The van der Waals surface area contributed by atoms with Crippen LogP contribution in [0.25, 0.3) is 0 Å². The summed E-state index contributed by atoms with van der Waals surface area (Å²) in [5.41, 5.74) is 7.80. The van der Waals surface area contributed by atoms with Crippen molar-refractivity contribution in [3.05, 3.63) is 71.8 Å². The molecule has 1 amide bonds. The van der Waals surface area contributed by atoms with E-state index in [1.165, 1.54) is 24.0 Å². The van der Waals surface area contributed by atoms with Crippen LogP contribution in [-0.2, 0) is 17.8 Å². The molecule has 0 saturated heterocycles. The molecular weight excluding hydrogens is 336 g/mol. The zero-order valence-electron chi connectivity index (χ0n) is 15.9. The Hall–Kier alpha value is -2.33. The molecular formula is C23H30N2O2. The Bertz CT molecular complexity index is 641. The fraction of sp³-hybridized carbons (Fsp3) is 0.435. The molecule has 2 aromatic rings. The monoisotopic (exact) mass is 366 g/mol. The topological polar surface area (TPSA) is 55.6 Å². The van der Waals surface area contributed by atoms with Gasteiger partial charge in [0, 0.05) is 19.6 Å². The van der Waals surface area contributed by atoms with E-state index in [2.05, 4.69) is 65.6 Å². The van der Waals surface area contributed by atoms with Gasteiger partial charge in [0.1, 0.15) is 0 Å². The molecule has 4 nitrogen and oxygen atoms in total. The Morgan fingerprint density at radius 1 is 0.852 bits per heavy atom. The van der Waals surface area contributed by atoms with Crippen molar-refractivity contribution >= 4 is 6.09 Å². The smallest absolute Gasteiger partial charge is 0.404 e. The Balaban J connectivity index is 1.56. The van der Waals surface area contributed by atoms with E-state index in [9.17, 15) is 4.79 Å². The number of ether oxygens (including phenoxy) is 1. The molecule has 0 atom stereocenters. The number of nitrogens with zero attached hydrogens (tertiary/aromatic N) is 1. The second-order valence-electron chi connectivity index (χ2n) is 7.66. The molecule has 27 heavy (non-hydrogen) atoms. The van der Waals surface area contributed by atoms with E-state index in [1.54, 1.807) is 0 Å². The standard InChI is InChI=1S/C23H30N2O2/c24-23(26)27-18-22-13-11-21(12-14-22)17-25(15-19-7-3-1-4-8-19)16-20-9-5-2-6-10-20/h1-10,21-22H,11-18H2,(H2,24,26). The minimum absolute atomic E-state index is 0.463. The number of hydrogen-bond donors (Lipinski definition) is 1. The maximum Gasteiger partial charge on any atom is 0.404 e. The average Bonchev–Trinajstić information content (AvgIpc) is 2.69. The third-order valence-corrected chi connectivity index (χ3v) is 5.44. The van der Waals surface area contributed by atoms with Gasteiger partial charge in [-0.15, -0.1) is 0 Å². The summed E-state index contributed by atoms with van der Waals surface area (Å²) in [6, 6.07) is 21.4. The van der Waals surface area contributed by atoms with Crippen LogP contribution >= 0.6 is 0 Å². The molecule has 0 unspecified atom stereocenters. The second kappa shape index (κ2) is 10.1. The number of nitrogens with two attached hydrogens (primary N) is 1. The van der Waals surface area contributed by atoms with Gasteiger partial charge in [-0.05, 0) is 48.6 Å². The minimum atomic E-state index is -0.658. The van der Waals surface area contributed by atoms with Crippen molar-refractivity contribution in [3.63, 3.8) is 0 Å². The molecule has 0 aromatic heterocycles. The number of carbonyl (C=O) groups excluding carboxylic acids is 1. The highest BCUT2D eigenvalue weighted by Crippen LogP contribution is 2.30. The molecule has 0 heterocycles. The predicted octanol–water partition coefficient (Wildman–Crippen LogP) is 4.59. The number of hydrogen-bond acceptors (Lipinski definition) is 3. The maximum absolute atomic E-state index is 10.8. The lowest BCUT2D eigenvalue weighted by Crippen LogP contribution is -2.32. The van der Waals surface area contributed by atoms with Gasteiger partial charge in [-0.1, -0.05) is 60.7 Å². The van der Waals surface area contributed by atoms with Gasteiger partial charge in [0.05, 0.1) is 6.61 Å². The summed E-state index contributed by atoms with van der Waals surface area (Å²) in [6.45, 7) is 3.52. The zero-order chi connectivity index (χ0) is 18.9. The summed E-state index contributed by atoms with van der Waals surface area (Å²) < 4.78 is 4.98. The Labute approximate surface area is 162 Å². The molecule has 0 aliphatic heterocycles. The van der Waals surface area contributed by atoms with Gasteiger partial charge < -0.3 is 10.5 Å². The quantitative estimate of drug-likeness (QED) is 0.743. The summed E-state index contributed by atoms with van der Waals surface area (Å²) in [4.78, 5) is 13.4. The molecule has 0 radical (unpaired) electrons. The largest absolute Gasteiger partial charge is 0.449 e. The lowest BCUT2D eigenvalue weighted by Gasteiger charge is -2.32. The van der Waals surface area contributed by atoms with E-state index in [4.69, 9.17) is 10.5 Å². The van der Waals surface area contributed by atoms with Crippen LogP contribution in [0.15, 0.2) is 60.7 Å². The first kappa shape index (κ1) is 19.4. The fourth-order valence-electron chi connectivity index (χ4n) is 4.01. The van der Waals surface area contributed by atoms with Crippen molar-refractivity contribution in [2.75, 3.05) is 13.2 Å². The summed E-state index contributed by atoms with van der Waals surface area (Å²) in [5.74, 6) is 1.16. The molecule has 2 aromatic carbocycles. The van der Waals surface area contributed by atoms with Crippen LogP contribution in [0.1, 0.15) is 36.8 Å². The maximum atomic E-state index is 10.8. The number of amides is 1. The summed E-state index contributed by atoms with van der Waals surface area (Å²) in [5, 5.41) is 0. The summed E-state index contributed by atoms with van der Waals surface area (Å²) >= 11 is 0. The predicted molar refractivity (Wildman–Crippen MR) is 108 cm³/mol. The van der Waals surface area contributed by atoms with Gasteiger partial charge in [-0.2, -0.15) is 0 Å². The third-order valence-electron chi connectivity index (χ3n) is 5.44. The highest BCUT2D eigenvalue weighted by Gasteiger charge is 2.24. The SMILES string of the molecule is NC(=O)OCC1CCC(CN(Cc2ccccc2)Cc2ccccc2)CC1. The Morgan fingerprint density at radius 2 is 1.33 bits per heavy atom. The van der Waals surface area contributed by atoms with E-state index in [0.29, 0.717) is 18.4 Å². The molecule has 144 valence electrons. The second-order valence-corrected chi connectivity index (χ2v) is 7.66. The van der Waals surface area contributed by atoms with Gasteiger partial charge in [0.2, 0.25) is 0 Å².